The fraction of sp³-hybridized carbons (Fsp3) is 0.300. The fourth-order valence-electron chi connectivity index (χ4n) is 3.30. The van der Waals surface area contributed by atoms with Crippen molar-refractivity contribution >= 4 is 12.1 Å². The number of ether oxygens (including phenoxy) is 2. The average Bonchev–Trinajstić information content (AvgIpc) is 2.70. The standard InChI is InChI=1S/C20H18F3NO4/c1-27-17(25)19(20(21,22)23)11-15-9-5-6-10-16(15)12-24(19)18(26)28-13-14-7-3-2-4-8-14/h2-10H,11-13H2,1H3. The van der Waals surface area contributed by atoms with Gasteiger partial charge >= 0.3 is 18.2 Å². The first kappa shape index (κ1) is 19.7. The molecule has 0 saturated carbocycles. The molecule has 0 radical (unpaired) electrons. The molecule has 0 N–H and O–H groups in total. The summed E-state index contributed by atoms with van der Waals surface area (Å²) in [6.45, 7) is -0.634. The minimum absolute atomic E-state index is 0.215. The minimum atomic E-state index is -5.06. The number of halogens is 3. The average molecular weight is 393 g/mol. The summed E-state index contributed by atoms with van der Waals surface area (Å²) >= 11 is 0. The second kappa shape index (κ2) is 7.53. The lowest BCUT2D eigenvalue weighted by molar-refractivity contribution is -0.238. The molecule has 1 amide bonds. The second-order valence-electron chi connectivity index (χ2n) is 6.42. The molecule has 1 heterocycles. The largest absolute Gasteiger partial charge is 0.467 e. The molecule has 2 aromatic rings. The molecule has 148 valence electrons. The van der Waals surface area contributed by atoms with E-state index in [1.54, 1.807) is 48.5 Å². The Balaban J connectivity index is 1.98. The molecule has 28 heavy (non-hydrogen) atoms. The van der Waals surface area contributed by atoms with E-state index in [0.29, 0.717) is 21.6 Å². The van der Waals surface area contributed by atoms with E-state index in [-0.39, 0.29) is 6.61 Å². The summed E-state index contributed by atoms with van der Waals surface area (Å²) < 4.78 is 52.0. The van der Waals surface area contributed by atoms with Crippen LogP contribution in [-0.4, -0.2) is 35.8 Å². The van der Waals surface area contributed by atoms with Crippen LogP contribution in [0.3, 0.4) is 0 Å². The Morgan fingerprint density at radius 3 is 2.25 bits per heavy atom. The van der Waals surface area contributed by atoms with Gasteiger partial charge in [0.15, 0.2) is 0 Å². The van der Waals surface area contributed by atoms with Crippen LogP contribution in [0.2, 0.25) is 0 Å². The van der Waals surface area contributed by atoms with Crippen LogP contribution in [0.5, 0.6) is 0 Å². The molecule has 1 unspecified atom stereocenters. The van der Waals surface area contributed by atoms with E-state index in [9.17, 15) is 22.8 Å². The number of hydrogen-bond acceptors (Lipinski definition) is 4. The van der Waals surface area contributed by atoms with Gasteiger partial charge in [-0.2, -0.15) is 13.2 Å². The van der Waals surface area contributed by atoms with Gasteiger partial charge in [-0.05, 0) is 16.7 Å². The molecule has 1 atom stereocenters. The van der Waals surface area contributed by atoms with Crippen molar-refractivity contribution in [2.24, 2.45) is 0 Å². The van der Waals surface area contributed by atoms with E-state index in [1.807, 2.05) is 0 Å². The highest BCUT2D eigenvalue weighted by Crippen LogP contribution is 2.44. The minimum Gasteiger partial charge on any atom is -0.467 e. The van der Waals surface area contributed by atoms with Crippen LogP contribution in [0.15, 0.2) is 54.6 Å². The SMILES string of the molecule is COC(=O)C1(C(F)(F)F)Cc2ccccc2CN1C(=O)OCc1ccccc1. The van der Waals surface area contributed by atoms with Crippen molar-refractivity contribution in [3.05, 3.63) is 71.3 Å². The van der Waals surface area contributed by atoms with Gasteiger partial charge in [0.2, 0.25) is 5.54 Å². The third kappa shape index (κ3) is 3.42. The van der Waals surface area contributed by atoms with Crippen molar-refractivity contribution in [3.63, 3.8) is 0 Å². The summed E-state index contributed by atoms with van der Waals surface area (Å²) in [6.07, 6.45) is -7.03. The maximum Gasteiger partial charge on any atom is 0.423 e. The number of rotatable bonds is 3. The van der Waals surface area contributed by atoms with Crippen LogP contribution in [0, 0.1) is 0 Å². The molecule has 1 aliphatic heterocycles. The van der Waals surface area contributed by atoms with Crippen LogP contribution >= 0.6 is 0 Å². The Hall–Kier alpha value is -3.03. The van der Waals surface area contributed by atoms with Crippen LogP contribution in [-0.2, 0) is 33.8 Å². The van der Waals surface area contributed by atoms with Gasteiger partial charge in [0.25, 0.3) is 0 Å². The van der Waals surface area contributed by atoms with Gasteiger partial charge in [-0.1, -0.05) is 54.6 Å². The molecule has 0 fully saturated rings. The summed E-state index contributed by atoms with van der Waals surface area (Å²) in [6, 6.07) is 14.9. The summed E-state index contributed by atoms with van der Waals surface area (Å²) in [7, 11) is 0.865. The Labute approximate surface area is 159 Å². The van der Waals surface area contributed by atoms with Crippen molar-refractivity contribution in [2.45, 2.75) is 31.3 Å². The first-order valence-corrected chi connectivity index (χ1v) is 8.50. The van der Waals surface area contributed by atoms with Gasteiger partial charge in [0.1, 0.15) is 6.61 Å². The van der Waals surface area contributed by atoms with Crippen LogP contribution in [0.1, 0.15) is 16.7 Å². The molecular formula is C20H18F3NO4. The molecular weight excluding hydrogens is 375 g/mol. The Bertz CT molecular complexity index is 869. The number of hydrogen-bond donors (Lipinski definition) is 0. The first-order valence-electron chi connectivity index (χ1n) is 8.50. The lowest BCUT2D eigenvalue weighted by atomic mass is 9.82. The number of carbonyl (C=O) groups excluding carboxylic acids is 2. The third-order valence-corrected chi connectivity index (χ3v) is 4.77. The smallest absolute Gasteiger partial charge is 0.423 e. The molecule has 0 spiro atoms. The zero-order valence-corrected chi connectivity index (χ0v) is 15.0. The second-order valence-corrected chi connectivity index (χ2v) is 6.42. The molecule has 5 nitrogen and oxygen atoms in total. The number of benzene rings is 2. The van der Waals surface area contributed by atoms with Crippen molar-refractivity contribution in [3.8, 4) is 0 Å². The Kier molecular flexibility index (Phi) is 5.31. The number of carbonyl (C=O) groups is 2. The van der Waals surface area contributed by atoms with Crippen molar-refractivity contribution < 1.29 is 32.2 Å². The van der Waals surface area contributed by atoms with Gasteiger partial charge in [-0.15, -0.1) is 0 Å². The quantitative estimate of drug-likeness (QED) is 0.744. The predicted molar refractivity (Wildman–Crippen MR) is 93.1 cm³/mol. The highest BCUT2D eigenvalue weighted by molar-refractivity contribution is 5.88. The molecule has 0 aromatic heterocycles. The summed E-state index contributed by atoms with van der Waals surface area (Å²) in [5, 5.41) is 0. The molecule has 2 aromatic carbocycles. The molecule has 0 aliphatic carbocycles. The highest BCUT2D eigenvalue weighted by atomic mass is 19.4. The van der Waals surface area contributed by atoms with Gasteiger partial charge < -0.3 is 9.47 Å². The third-order valence-electron chi connectivity index (χ3n) is 4.77. The first-order chi connectivity index (χ1) is 13.3. The zero-order chi connectivity index (χ0) is 20.4. The van der Waals surface area contributed by atoms with E-state index in [1.165, 1.54) is 6.07 Å². The molecule has 0 bridgehead atoms. The molecule has 8 heteroatoms. The number of nitrogens with zero attached hydrogens (tertiary/aromatic N) is 1. The van der Waals surface area contributed by atoms with Crippen LogP contribution in [0.4, 0.5) is 18.0 Å². The lowest BCUT2D eigenvalue weighted by Crippen LogP contribution is -2.68. The highest BCUT2D eigenvalue weighted by Gasteiger charge is 2.68. The monoisotopic (exact) mass is 393 g/mol. The number of alkyl halides is 3. The molecule has 0 saturated heterocycles. The molecule has 1 aliphatic rings. The van der Waals surface area contributed by atoms with Crippen molar-refractivity contribution in [1.29, 1.82) is 0 Å². The lowest BCUT2D eigenvalue weighted by Gasteiger charge is -2.45. The molecule has 3 rings (SSSR count). The van der Waals surface area contributed by atoms with E-state index in [0.717, 1.165) is 7.11 Å². The fourth-order valence-corrected chi connectivity index (χ4v) is 3.30. The summed E-state index contributed by atoms with van der Waals surface area (Å²) in [4.78, 5) is 25.4. The van der Waals surface area contributed by atoms with Gasteiger partial charge in [0, 0.05) is 6.42 Å². The zero-order valence-electron chi connectivity index (χ0n) is 15.0. The maximum atomic E-state index is 14.2. The van der Waals surface area contributed by atoms with Crippen LogP contribution in [0.25, 0.3) is 0 Å². The topological polar surface area (TPSA) is 55.8 Å². The predicted octanol–water partition coefficient (Wildman–Crippen LogP) is 3.86. The summed E-state index contributed by atoms with van der Waals surface area (Å²) in [5.41, 5.74) is -1.69. The van der Waals surface area contributed by atoms with Crippen molar-refractivity contribution in [2.75, 3.05) is 7.11 Å². The van der Waals surface area contributed by atoms with E-state index >= 15 is 0 Å². The van der Waals surface area contributed by atoms with Gasteiger partial charge in [-0.3, -0.25) is 4.90 Å². The summed E-state index contributed by atoms with van der Waals surface area (Å²) in [5.74, 6) is -1.55. The number of methoxy groups -OCH3 is 1. The number of esters is 1. The Morgan fingerprint density at radius 2 is 1.64 bits per heavy atom. The van der Waals surface area contributed by atoms with Crippen LogP contribution < -0.4 is 0 Å². The Morgan fingerprint density at radius 1 is 1.04 bits per heavy atom. The van der Waals surface area contributed by atoms with Crippen molar-refractivity contribution in [1.82, 2.24) is 4.90 Å². The number of amides is 1. The maximum absolute atomic E-state index is 14.2. The van der Waals surface area contributed by atoms with Gasteiger partial charge in [0.05, 0.1) is 13.7 Å². The van der Waals surface area contributed by atoms with E-state index in [4.69, 9.17) is 4.74 Å². The van der Waals surface area contributed by atoms with E-state index in [2.05, 4.69) is 4.74 Å². The number of fused-ring (bicyclic) bond motifs is 1. The normalized spacial score (nSPS) is 18.9. The van der Waals surface area contributed by atoms with Gasteiger partial charge in [-0.25, -0.2) is 9.59 Å². The van der Waals surface area contributed by atoms with E-state index < -0.39 is 36.7 Å².